The Kier molecular flexibility index (Phi) is 7.50. The number of aromatic nitrogens is 3. The molecule has 3 fully saturated rings. The summed E-state index contributed by atoms with van der Waals surface area (Å²) in [6.45, 7) is 3.93. The molecule has 2 aliphatic heterocycles. The SMILES string of the molecule is CSc1cnc(C[C@H]2CC[C@H](Cc3nc4ccc(C(=O)N5CCCC6(CCCNC6)C5)cc4s3)C2)nc1. The lowest BCUT2D eigenvalue weighted by atomic mass is 9.74. The number of nitrogens with one attached hydrogen (secondary N) is 1. The molecule has 1 N–H and O–H groups in total. The molecule has 6 rings (SSSR count). The number of thiazole rings is 1. The fourth-order valence-electron chi connectivity index (χ4n) is 6.74. The van der Waals surface area contributed by atoms with Crippen LogP contribution < -0.4 is 5.32 Å². The van der Waals surface area contributed by atoms with Crippen LogP contribution in [-0.2, 0) is 12.8 Å². The summed E-state index contributed by atoms with van der Waals surface area (Å²) in [6, 6.07) is 6.13. The predicted molar refractivity (Wildman–Crippen MR) is 151 cm³/mol. The number of thioether (sulfide) groups is 1. The van der Waals surface area contributed by atoms with E-state index in [9.17, 15) is 4.79 Å². The molecule has 1 aromatic carbocycles. The van der Waals surface area contributed by atoms with Gasteiger partial charge < -0.3 is 10.2 Å². The highest BCUT2D eigenvalue weighted by Gasteiger charge is 2.38. The number of carbonyl (C=O) groups excluding carboxylic acids is 1. The Balaban J connectivity index is 1.08. The van der Waals surface area contributed by atoms with Crippen LogP contribution in [0.2, 0.25) is 0 Å². The van der Waals surface area contributed by atoms with Crippen molar-refractivity contribution in [3.05, 3.63) is 47.0 Å². The molecule has 1 unspecified atom stereocenters. The van der Waals surface area contributed by atoms with E-state index in [1.807, 2.05) is 18.5 Å². The molecule has 2 saturated heterocycles. The van der Waals surface area contributed by atoms with Crippen LogP contribution in [0.3, 0.4) is 0 Å². The maximum Gasteiger partial charge on any atom is 0.253 e. The van der Waals surface area contributed by atoms with Gasteiger partial charge in [-0.3, -0.25) is 4.79 Å². The molecule has 1 saturated carbocycles. The first-order valence-corrected chi connectivity index (χ1v) is 15.9. The minimum absolute atomic E-state index is 0.188. The largest absolute Gasteiger partial charge is 0.338 e. The van der Waals surface area contributed by atoms with Crippen LogP contribution in [0.25, 0.3) is 10.2 Å². The maximum absolute atomic E-state index is 13.5. The van der Waals surface area contributed by atoms with Gasteiger partial charge in [0.2, 0.25) is 0 Å². The summed E-state index contributed by atoms with van der Waals surface area (Å²) in [6.07, 6.45) is 16.5. The van der Waals surface area contributed by atoms with E-state index in [0.29, 0.717) is 11.8 Å². The van der Waals surface area contributed by atoms with Crippen molar-refractivity contribution in [2.75, 3.05) is 32.4 Å². The molecule has 196 valence electrons. The van der Waals surface area contributed by atoms with E-state index in [2.05, 4.69) is 38.6 Å². The molecule has 1 spiro atoms. The Labute approximate surface area is 228 Å². The number of rotatable bonds is 6. The fourth-order valence-corrected chi connectivity index (χ4v) is 8.18. The van der Waals surface area contributed by atoms with Gasteiger partial charge in [0, 0.05) is 60.7 Å². The fraction of sp³-hybridized carbons (Fsp3) is 0.586. The van der Waals surface area contributed by atoms with E-state index < -0.39 is 0 Å². The van der Waals surface area contributed by atoms with Crippen LogP contribution in [0.4, 0.5) is 0 Å². The maximum atomic E-state index is 13.5. The van der Waals surface area contributed by atoms with E-state index in [4.69, 9.17) is 4.98 Å². The van der Waals surface area contributed by atoms with E-state index >= 15 is 0 Å². The standard InChI is InChI=1S/C29H37N5OS2/c1-36-23-16-31-26(32-17-23)13-20-4-5-21(12-20)14-27-33-24-7-6-22(15-25(24)37-27)28(35)34-11-3-9-29(19-34)8-2-10-30-18-29/h6-7,15-17,20-21,30H,2-5,8-14,18-19H2,1H3/t20-,21-,29?/m0/s1. The van der Waals surface area contributed by atoms with Crippen LogP contribution in [-0.4, -0.2) is 58.2 Å². The topological polar surface area (TPSA) is 71.0 Å². The van der Waals surface area contributed by atoms with E-state index in [1.165, 1.54) is 43.5 Å². The van der Waals surface area contributed by atoms with Crippen molar-refractivity contribution < 1.29 is 4.79 Å². The summed E-state index contributed by atoms with van der Waals surface area (Å²) >= 11 is 3.46. The number of nitrogens with zero attached hydrogens (tertiary/aromatic N) is 4. The number of fused-ring (bicyclic) bond motifs is 1. The second-order valence-corrected chi connectivity index (χ2v) is 13.4. The summed E-state index contributed by atoms with van der Waals surface area (Å²) in [4.78, 5) is 30.7. The highest BCUT2D eigenvalue weighted by molar-refractivity contribution is 7.98. The highest BCUT2D eigenvalue weighted by atomic mass is 32.2. The third-order valence-electron chi connectivity index (χ3n) is 8.69. The van der Waals surface area contributed by atoms with Crippen LogP contribution in [0.15, 0.2) is 35.5 Å². The average molecular weight is 536 g/mol. The molecular weight excluding hydrogens is 498 g/mol. The smallest absolute Gasteiger partial charge is 0.253 e. The summed E-state index contributed by atoms with van der Waals surface area (Å²) in [5.41, 5.74) is 2.12. The summed E-state index contributed by atoms with van der Waals surface area (Å²) in [7, 11) is 0. The van der Waals surface area contributed by atoms with Gasteiger partial charge in [-0.1, -0.05) is 0 Å². The predicted octanol–water partition coefficient (Wildman–Crippen LogP) is 5.62. The van der Waals surface area contributed by atoms with Gasteiger partial charge in [0.25, 0.3) is 5.91 Å². The minimum Gasteiger partial charge on any atom is -0.338 e. The molecule has 6 nitrogen and oxygen atoms in total. The molecule has 1 amide bonds. The van der Waals surface area contributed by atoms with Crippen LogP contribution in [0.5, 0.6) is 0 Å². The number of likely N-dealkylation sites (tertiary alicyclic amines) is 1. The third kappa shape index (κ3) is 5.71. The summed E-state index contributed by atoms with van der Waals surface area (Å²) < 4.78 is 1.14. The molecule has 2 aromatic heterocycles. The second kappa shape index (κ2) is 11.0. The lowest BCUT2D eigenvalue weighted by molar-refractivity contribution is 0.0434. The Bertz CT molecular complexity index is 1230. The molecular formula is C29H37N5OS2. The highest BCUT2D eigenvalue weighted by Crippen LogP contribution is 2.38. The summed E-state index contributed by atoms with van der Waals surface area (Å²) in [5, 5.41) is 4.77. The van der Waals surface area contributed by atoms with Gasteiger partial charge in [-0.05, 0) is 87.8 Å². The first kappa shape index (κ1) is 25.3. The first-order chi connectivity index (χ1) is 18.1. The van der Waals surface area contributed by atoms with Crippen molar-refractivity contribution in [1.82, 2.24) is 25.2 Å². The lowest BCUT2D eigenvalue weighted by Gasteiger charge is -2.45. The Hall–Kier alpha value is -2.03. The summed E-state index contributed by atoms with van der Waals surface area (Å²) in [5.74, 6) is 2.50. The normalized spacial score (nSPS) is 26.2. The molecule has 37 heavy (non-hydrogen) atoms. The Morgan fingerprint density at radius 3 is 2.76 bits per heavy atom. The van der Waals surface area contributed by atoms with Crippen molar-refractivity contribution in [3.8, 4) is 0 Å². The average Bonchev–Trinajstić information content (AvgIpc) is 3.54. The number of amides is 1. The monoisotopic (exact) mass is 535 g/mol. The second-order valence-electron chi connectivity index (χ2n) is 11.4. The lowest BCUT2D eigenvalue weighted by Crippen LogP contribution is -2.52. The molecule has 0 bridgehead atoms. The third-order valence-corrected chi connectivity index (χ3v) is 10.4. The zero-order valence-electron chi connectivity index (χ0n) is 21.7. The van der Waals surface area contributed by atoms with Crippen LogP contribution in [0, 0.1) is 17.3 Å². The zero-order valence-corrected chi connectivity index (χ0v) is 23.4. The van der Waals surface area contributed by atoms with Gasteiger partial charge in [0.1, 0.15) is 5.82 Å². The molecule has 0 radical (unpaired) electrons. The Morgan fingerprint density at radius 1 is 1.16 bits per heavy atom. The van der Waals surface area contributed by atoms with E-state index in [1.54, 1.807) is 23.1 Å². The number of benzene rings is 1. The molecule has 8 heteroatoms. The van der Waals surface area contributed by atoms with Crippen molar-refractivity contribution in [3.63, 3.8) is 0 Å². The van der Waals surface area contributed by atoms with Gasteiger partial charge in [0.05, 0.1) is 15.2 Å². The van der Waals surface area contributed by atoms with Gasteiger partial charge in [-0.2, -0.15) is 0 Å². The Morgan fingerprint density at radius 2 is 1.97 bits per heavy atom. The van der Waals surface area contributed by atoms with E-state index in [0.717, 1.165) is 71.9 Å². The molecule has 3 aromatic rings. The van der Waals surface area contributed by atoms with Crippen molar-refractivity contribution in [2.45, 2.75) is 62.7 Å². The van der Waals surface area contributed by atoms with Gasteiger partial charge >= 0.3 is 0 Å². The molecule has 3 atom stereocenters. The number of carbonyl (C=O) groups is 1. The van der Waals surface area contributed by atoms with Gasteiger partial charge in [-0.15, -0.1) is 23.1 Å². The number of hydrogen-bond acceptors (Lipinski definition) is 7. The quantitative estimate of drug-likeness (QED) is 0.414. The van der Waals surface area contributed by atoms with Crippen LogP contribution in [0.1, 0.15) is 66.1 Å². The molecule has 1 aliphatic carbocycles. The first-order valence-electron chi connectivity index (χ1n) is 13.8. The zero-order chi connectivity index (χ0) is 25.2. The molecule has 3 aliphatic rings. The van der Waals surface area contributed by atoms with Gasteiger partial charge in [-0.25, -0.2) is 15.0 Å². The van der Waals surface area contributed by atoms with Crippen LogP contribution >= 0.6 is 23.1 Å². The van der Waals surface area contributed by atoms with Crippen molar-refractivity contribution in [2.24, 2.45) is 17.3 Å². The van der Waals surface area contributed by atoms with Crippen molar-refractivity contribution in [1.29, 1.82) is 0 Å². The minimum atomic E-state index is 0.188. The number of piperidine rings is 2. The van der Waals surface area contributed by atoms with Gasteiger partial charge in [0.15, 0.2) is 0 Å². The van der Waals surface area contributed by atoms with Crippen molar-refractivity contribution >= 4 is 39.2 Å². The van der Waals surface area contributed by atoms with E-state index in [-0.39, 0.29) is 11.3 Å². The number of hydrogen-bond donors (Lipinski definition) is 1. The molecule has 4 heterocycles.